The smallest absolute Gasteiger partial charge is 0.478 e. The lowest BCUT2D eigenvalue weighted by atomic mass is 9.77. The fourth-order valence-electron chi connectivity index (χ4n) is 1.18. The van der Waals surface area contributed by atoms with Gasteiger partial charge in [-0.2, -0.15) is 0 Å². The highest BCUT2D eigenvalue weighted by atomic mass is 19.4. The molecule has 0 saturated carbocycles. The number of hydrogen-bond acceptors (Lipinski definition) is 1. The number of halogens is 3. The lowest BCUT2D eigenvalue weighted by Gasteiger charge is -2.17. The number of rotatable bonds is 2. The third-order valence-corrected chi connectivity index (χ3v) is 1.87. The molecule has 0 bridgehead atoms. The van der Waals surface area contributed by atoms with Crippen LogP contribution in [0.15, 0.2) is 18.2 Å². The van der Waals surface area contributed by atoms with Crippen molar-refractivity contribution < 1.29 is 22.8 Å². The average molecular weight is 203 g/mol. The van der Waals surface area contributed by atoms with Crippen molar-refractivity contribution in [3.63, 3.8) is 0 Å². The summed E-state index contributed by atoms with van der Waals surface area (Å²) in [7, 11) is 0. The average Bonchev–Trinajstić information content (AvgIpc) is 2.01. The molecule has 0 heterocycles. The second-order valence-electron chi connectivity index (χ2n) is 2.95. The van der Waals surface area contributed by atoms with Crippen LogP contribution in [0.2, 0.25) is 0 Å². The maximum absolute atomic E-state index is 12.3. The first kappa shape index (κ1) is 10.6. The van der Waals surface area contributed by atoms with Crippen molar-refractivity contribution in [2.24, 2.45) is 0 Å². The molecule has 1 rings (SSSR count). The largest absolute Gasteiger partial charge is 0.509 e. The maximum atomic E-state index is 12.3. The van der Waals surface area contributed by atoms with Crippen LogP contribution < -0.4 is 5.46 Å². The Morgan fingerprint density at radius 3 is 2.29 bits per heavy atom. The summed E-state index contributed by atoms with van der Waals surface area (Å²) in [4.78, 5) is 10.4. The van der Waals surface area contributed by atoms with E-state index in [2.05, 4.69) is 0 Å². The molecule has 0 saturated heterocycles. The van der Waals surface area contributed by atoms with Gasteiger partial charge in [0.05, 0.1) is 5.56 Å². The van der Waals surface area contributed by atoms with Crippen molar-refractivity contribution >= 4 is 18.4 Å². The Kier molecular flexibility index (Phi) is 2.55. The van der Waals surface area contributed by atoms with Crippen LogP contribution in [0.1, 0.15) is 15.9 Å². The van der Waals surface area contributed by atoms with Gasteiger partial charge in [0.25, 0.3) is 0 Å². The first-order valence-corrected chi connectivity index (χ1v) is 3.86. The normalized spacial score (nSPS) is 11.4. The van der Waals surface area contributed by atoms with Gasteiger partial charge in [-0.25, -0.2) is 4.79 Å². The molecule has 0 aliphatic carbocycles. The quantitative estimate of drug-likeness (QED) is 0.743. The van der Waals surface area contributed by atoms with Gasteiger partial charge in [-0.15, -0.1) is 5.46 Å². The fraction of sp³-hybridized carbons (Fsp3) is 0.125. The number of hydrogen-bond donors (Lipinski definition) is 1. The van der Waals surface area contributed by atoms with Gasteiger partial charge in [-0.05, 0) is 13.0 Å². The molecule has 1 aromatic carbocycles. The lowest BCUT2D eigenvalue weighted by molar-refractivity contribution is 0.0696. The Morgan fingerprint density at radius 1 is 1.36 bits per heavy atom. The predicted molar refractivity (Wildman–Crippen MR) is 46.9 cm³/mol. The molecule has 0 aromatic heterocycles. The Balaban J connectivity index is 3.21. The molecule has 0 aliphatic rings. The van der Waals surface area contributed by atoms with Gasteiger partial charge in [-0.1, -0.05) is 17.7 Å². The Hall–Kier alpha value is -1.46. The highest BCUT2D eigenvalue weighted by molar-refractivity contribution is 6.74. The molecule has 0 amide bonds. The van der Waals surface area contributed by atoms with Crippen LogP contribution in [0.5, 0.6) is 0 Å². The van der Waals surface area contributed by atoms with E-state index < -0.39 is 18.4 Å². The topological polar surface area (TPSA) is 37.3 Å². The Morgan fingerprint density at radius 2 is 1.93 bits per heavy atom. The van der Waals surface area contributed by atoms with Crippen molar-refractivity contribution in [2.45, 2.75) is 6.92 Å². The molecule has 0 unspecified atom stereocenters. The van der Waals surface area contributed by atoms with Crippen LogP contribution in [0.3, 0.4) is 0 Å². The van der Waals surface area contributed by atoms with E-state index >= 15 is 0 Å². The third-order valence-electron chi connectivity index (χ3n) is 1.87. The lowest BCUT2D eigenvalue weighted by Crippen LogP contribution is -2.36. The SMILES string of the molecule is Cc1cc(C(=O)O)ccc1[B-](F)(F)F. The summed E-state index contributed by atoms with van der Waals surface area (Å²) in [5, 5.41) is 8.53. The van der Waals surface area contributed by atoms with Crippen LogP contribution in [0, 0.1) is 6.92 Å². The van der Waals surface area contributed by atoms with Crippen molar-refractivity contribution in [2.75, 3.05) is 0 Å². The highest BCUT2D eigenvalue weighted by Gasteiger charge is 2.27. The van der Waals surface area contributed by atoms with E-state index in [1.807, 2.05) is 0 Å². The first-order chi connectivity index (χ1) is 6.32. The fourth-order valence-corrected chi connectivity index (χ4v) is 1.18. The van der Waals surface area contributed by atoms with E-state index in [0.29, 0.717) is 0 Å². The van der Waals surface area contributed by atoms with E-state index in [4.69, 9.17) is 5.11 Å². The summed E-state index contributed by atoms with van der Waals surface area (Å²) < 4.78 is 36.9. The molecule has 76 valence electrons. The summed E-state index contributed by atoms with van der Waals surface area (Å²) in [6.45, 7) is -3.81. The van der Waals surface area contributed by atoms with Crippen LogP contribution in [-0.4, -0.2) is 18.1 Å². The summed E-state index contributed by atoms with van der Waals surface area (Å²) in [5.41, 5.74) is -0.932. The van der Waals surface area contributed by atoms with Crippen LogP contribution in [0.4, 0.5) is 12.9 Å². The van der Waals surface area contributed by atoms with Crippen molar-refractivity contribution in [1.29, 1.82) is 0 Å². The zero-order valence-electron chi connectivity index (χ0n) is 7.30. The summed E-state index contributed by atoms with van der Waals surface area (Å²) >= 11 is 0. The van der Waals surface area contributed by atoms with Gasteiger partial charge in [0.15, 0.2) is 0 Å². The number of carboxylic acids is 1. The molecule has 0 aliphatic heterocycles. The third kappa shape index (κ3) is 2.07. The molecule has 0 fully saturated rings. The first-order valence-electron chi connectivity index (χ1n) is 3.86. The molecule has 0 atom stereocenters. The molecule has 6 heteroatoms. The predicted octanol–water partition coefficient (Wildman–Crippen LogP) is 1.75. The molecule has 0 spiro atoms. The Bertz CT molecular complexity index is 373. The van der Waals surface area contributed by atoms with Gasteiger partial charge in [0, 0.05) is 0 Å². The minimum absolute atomic E-state index is 0.0580. The second-order valence-corrected chi connectivity index (χ2v) is 2.95. The molecular formula is C8H7BF3O2-. The van der Waals surface area contributed by atoms with Gasteiger partial charge in [0.1, 0.15) is 0 Å². The van der Waals surface area contributed by atoms with Gasteiger partial charge < -0.3 is 18.1 Å². The number of benzene rings is 1. The van der Waals surface area contributed by atoms with Gasteiger partial charge in [0.2, 0.25) is 0 Å². The number of aryl methyl sites for hydroxylation is 1. The Labute approximate surface area is 78.4 Å². The minimum Gasteiger partial charge on any atom is -0.478 e. The van der Waals surface area contributed by atoms with Crippen molar-refractivity contribution in [3.05, 3.63) is 29.3 Å². The van der Waals surface area contributed by atoms with Gasteiger partial charge >= 0.3 is 12.9 Å². The maximum Gasteiger partial charge on any atom is 0.509 e. The van der Waals surface area contributed by atoms with Crippen LogP contribution >= 0.6 is 0 Å². The molecule has 2 nitrogen and oxygen atoms in total. The number of aromatic carboxylic acids is 1. The minimum atomic E-state index is -5.06. The number of carboxylic acid groups (broad SMARTS) is 1. The highest BCUT2D eigenvalue weighted by Crippen LogP contribution is 2.13. The van der Waals surface area contributed by atoms with Crippen LogP contribution in [0.25, 0.3) is 0 Å². The summed E-state index contributed by atoms with van der Waals surface area (Å²) in [5.74, 6) is -1.23. The second kappa shape index (κ2) is 3.36. The molecule has 1 aromatic rings. The molecule has 1 N–H and O–H groups in total. The number of carbonyl (C=O) groups is 1. The van der Waals surface area contributed by atoms with E-state index in [1.54, 1.807) is 0 Å². The van der Waals surface area contributed by atoms with Crippen LogP contribution in [-0.2, 0) is 0 Å². The van der Waals surface area contributed by atoms with Gasteiger partial charge in [-0.3, -0.25) is 0 Å². The van der Waals surface area contributed by atoms with E-state index in [1.165, 1.54) is 6.92 Å². The van der Waals surface area contributed by atoms with E-state index in [0.717, 1.165) is 18.2 Å². The summed E-state index contributed by atoms with van der Waals surface area (Å²) in [6.07, 6.45) is 0. The zero-order chi connectivity index (χ0) is 10.9. The summed E-state index contributed by atoms with van der Waals surface area (Å²) in [6, 6.07) is 2.78. The molecule has 14 heavy (non-hydrogen) atoms. The zero-order valence-corrected chi connectivity index (χ0v) is 7.30. The monoisotopic (exact) mass is 203 g/mol. The van der Waals surface area contributed by atoms with Crippen molar-refractivity contribution in [3.8, 4) is 0 Å². The standard InChI is InChI=1S/C8H7BF3O2/c1-5-4-6(8(13)14)2-3-7(5)9(10,11)12/h2-4H,1H3,(H,13,14)/q-1. The molecule has 0 radical (unpaired) electrons. The molecular weight excluding hydrogens is 196 g/mol. The van der Waals surface area contributed by atoms with E-state index in [-0.39, 0.29) is 11.1 Å². The van der Waals surface area contributed by atoms with E-state index in [9.17, 15) is 17.7 Å². The van der Waals surface area contributed by atoms with Crippen molar-refractivity contribution in [1.82, 2.24) is 0 Å².